The summed E-state index contributed by atoms with van der Waals surface area (Å²) in [6.07, 6.45) is 2.64. The first kappa shape index (κ1) is 11.7. The van der Waals surface area contributed by atoms with E-state index in [0.717, 1.165) is 38.3 Å². The molecule has 3 rings (SSSR count). The largest absolute Gasteiger partial charge is 0.493 e. The molecule has 1 N–H and O–H groups in total. The molecule has 0 bridgehead atoms. The Morgan fingerprint density at radius 1 is 1.33 bits per heavy atom. The number of Topliss-reactive ketones (excluding diaryl/α,β-unsaturated/α-hetero) is 1. The molecule has 1 fully saturated rings. The van der Waals surface area contributed by atoms with E-state index >= 15 is 0 Å². The van der Waals surface area contributed by atoms with Crippen molar-refractivity contribution < 1.29 is 9.53 Å². The maximum atomic E-state index is 12.2. The van der Waals surface area contributed by atoms with Crippen LogP contribution in [0, 0.1) is 5.92 Å². The Hall–Kier alpha value is -1.35. The third-order valence-electron chi connectivity index (χ3n) is 4.05. The van der Waals surface area contributed by atoms with Gasteiger partial charge in [0.15, 0.2) is 0 Å². The van der Waals surface area contributed by atoms with Crippen molar-refractivity contribution in [2.75, 3.05) is 19.7 Å². The molecule has 0 radical (unpaired) electrons. The van der Waals surface area contributed by atoms with Crippen molar-refractivity contribution in [3.8, 4) is 5.75 Å². The number of hydrogen-bond donors (Lipinski definition) is 1. The summed E-state index contributed by atoms with van der Waals surface area (Å²) in [4.78, 5) is 12.2. The molecule has 2 atom stereocenters. The van der Waals surface area contributed by atoms with Gasteiger partial charge in [0.05, 0.1) is 6.61 Å². The Morgan fingerprint density at radius 3 is 3.06 bits per heavy atom. The minimum atomic E-state index is 0.236. The minimum absolute atomic E-state index is 0.236. The van der Waals surface area contributed by atoms with Gasteiger partial charge in [-0.3, -0.25) is 4.79 Å². The fourth-order valence-electron chi connectivity index (χ4n) is 2.97. The lowest BCUT2D eigenvalue weighted by Crippen LogP contribution is -2.22. The minimum Gasteiger partial charge on any atom is -0.493 e. The van der Waals surface area contributed by atoms with Crippen molar-refractivity contribution in [2.24, 2.45) is 5.92 Å². The van der Waals surface area contributed by atoms with E-state index < -0.39 is 0 Å². The molecular weight excluding hydrogens is 226 g/mol. The molecule has 1 aromatic carbocycles. The highest BCUT2D eigenvalue weighted by atomic mass is 16.5. The van der Waals surface area contributed by atoms with E-state index in [-0.39, 0.29) is 5.92 Å². The highest BCUT2D eigenvalue weighted by Crippen LogP contribution is 2.36. The summed E-state index contributed by atoms with van der Waals surface area (Å²) >= 11 is 0. The first-order valence-corrected chi connectivity index (χ1v) is 6.80. The predicted octanol–water partition coefficient (Wildman–Crippen LogP) is 2.12. The monoisotopic (exact) mass is 245 g/mol. The Morgan fingerprint density at radius 2 is 2.22 bits per heavy atom. The molecule has 2 heterocycles. The molecule has 2 aliphatic heterocycles. The van der Waals surface area contributed by atoms with Crippen LogP contribution in [0.3, 0.4) is 0 Å². The smallest absolute Gasteiger partial charge is 0.137 e. The second kappa shape index (κ2) is 5.11. The van der Waals surface area contributed by atoms with Crippen molar-refractivity contribution >= 4 is 5.78 Å². The maximum Gasteiger partial charge on any atom is 0.137 e. The summed E-state index contributed by atoms with van der Waals surface area (Å²) in [5.74, 6) is 1.97. The summed E-state index contributed by atoms with van der Waals surface area (Å²) in [6, 6.07) is 8.12. The zero-order valence-corrected chi connectivity index (χ0v) is 10.5. The van der Waals surface area contributed by atoms with Gasteiger partial charge in [-0.25, -0.2) is 0 Å². The molecule has 1 saturated heterocycles. The fourth-order valence-corrected chi connectivity index (χ4v) is 2.97. The standard InChI is InChI=1S/C15H19NO2/c17-14(12-5-7-16-10-12)9-11-6-8-18-15-4-2-1-3-13(11)15/h1-4,11-12,16H,5-10H2. The van der Waals surface area contributed by atoms with Gasteiger partial charge < -0.3 is 10.1 Å². The number of hydrogen-bond acceptors (Lipinski definition) is 3. The van der Waals surface area contributed by atoms with E-state index in [9.17, 15) is 4.79 Å². The van der Waals surface area contributed by atoms with Crippen LogP contribution in [0.1, 0.15) is 30.7 Å². The lowest BCUT2D eigenvalue weighted by atomic mass is 9.85. The van der Waals surface area contributed by atoms with Crippen molar-refractivity contribution in [1.29, 1.82) is 0 Å². The van der Waals surface area contributed by atoms with Gasteiger partial charge in [0.25, 0.3) is 0 Å². The average molecular weight is 245 g/mol. The van der Waals surface area contributed by atoms with E-state index in [1.54, 1.807) is 0 Å². The van der Waals surface area contributed by atoms with Gasteiger partial charge in [-0.1, -0.05) is 18.2 Å². The molecule has 18 heavy (non-hydrogen) atoms. The molecule has 2 aliphatic rings. The molecular formula is C15H19NO2. The van der Waals surface area contributed by atoms with Gasteiger partial charge >= 0.3 is 0 Å². The molecule has 3 heteroatoms. The van der Waals surface area contributed by atoms with Crippen molar-refractivity contribution in [3.63, 3.8) is 0 Å². The number of benzene rings is 1. The Kier molecular flexibility index (Phi) is 3.33. The third-order valence-corrected chi connectivity index (χ3v) is 4.05. The molecule has 0 aliphatic carbocycles. The first-order chi connectivity index (χ1) is 8.84. The van der Waals surface area contributed by atoms with Crippen LogP contribution in [0.2, 0.25) is 0 Å². The Balaban J connectivity index is 1.72. The summed E-state index contributed by atoms with van der Waals surface area (Å²) < 4.78 is 5.64. The number of carbonyl (C=O) groups excluding carboxylic acids is 1. The van der Waals surface area contributed by atoms with Gasteiger partial charge in [0.2, 0.25) is 0 Å². The topological polar surface area (TPSA) is 38.3 Å². The molecule has 0 spiro atoms. The molecule has 0 aromatic heterocycles. The summed E-state index contributed by atoms with van der Waals surface area (Å²) in [7, 11) is 0. The summed E-state index contributed by atoms with van der Waals surface area (Å²) in [5.41, 5.74) is 1.21. The van der Waals surface area contributed by atoms with Crippen LogP contribution in [-0.2, 0) is 4.79 Å². The predicted molar refractivity (Wildman–Crippen MR) is 69.9 cm³/mol. The Bertz CT molecular complexity index is 438. The van der Waals surface area contributed by atoms with Crippen LogP contribution >= 0.6 is 0 Å². The van der Waals surface area contributed by atoms with E-state index in [1.807, 2.05) is 18.2 Å². The van der Waals surface area contributed by atoms with Crippen LogP contribution in [0.25, 0.3) is 0 Å². The summed E-state index contributed by atoms with van der Waals surface area (Å²) in [6.45, 7) is 2.59. The van der Waals surface area contributed by atoms with Crippen molar-refractivity contribution in [1.82, 2.24) is 5.32 Å². The summed E-state index contributed by atoms with van der Waals surface area (Å²) in [5, 5.41) is 3.26. The zero-order chi connectivity index (χ0) is 12.4. The highest BCUT2D eigenvalue weighted by molar-refractivity contribution is 5.82. The fraction of sp³-hybridized carbons (Fsp3) is 0.533. The van der Waals surface area contributed by atoms with Gasteiger partial charge in [-0.05, 0) is 36.9 Å². The molecule has 3 nitrogen and oxygen atoms in total. The van der Waals surface area contributed by atoms with E-state index in [2.05, 4.69) is 11.4 Å². The van der Waals surface area contributed by atoms with E-state index in [4.69, 9.17) is 4.74 Å². The number of carbonyl (C=O) groups is 1. The molecule has 96 valence electrons. The second-order valence-corrected chi connectivity index (χ2v) is 5.23. The van der Waals surface area contributed by atoms with Crippen LogP contribution in [0.15, 0.2) is 24.3 Å². The van der Waals surface area contributed by atoms with Crippen LogP contribution < -0.4 is 10.1 Å². The van der Waals surface area contributed by atoms with Crippen LogP contribution in [0.4, 0.5) is 0 Å². The van der Waals surface area contributed by atoms with Gasteiger partial charge in [-0.2, -0.15) is 0 Å². The van der Waals surface area contributed by atoms with E-state index in [1.165, 1.54) is 5.56 Å². The number of ether oxygens (including phenoxy) is 1. The molecule has 2 unspecified atom stereocenters. The van der Waals surface area contributed by atoms with Gasteiger partial charge in [0, 0.05) is 18.9 Å². The average Bonchev–Trinajstić information content (AvgIpc) is 2.93. The second-order valence-electron chi connectivity index (χ2n) is 5.23. The molecule has 0 saturated carbocycles. The quantitative estimate of drug-likeness (QED) is 0.886. The lowest BCUT2D eigenvalue weighted by Gasteiger charge is -2.26. The zero-order valence-electron chi connectivity index (χ0n) is 10.5. The molecule has 0 amide bonds. The Labute approximate surface area is 108 Å². The first-order valence-electron chi connectivity index (χ1n) is 6.80. The number of para-hydroxylation sites is 1. The number of fused-ring (bicyclic) bond motifs is 1. The van der Waals surface area contributed by atoms with Crippen molar-refractivity contribution in [3.05, 3.63) is 29.8 Å². The van der Waals surface area contributed by atoms with Crippen LogP contribution in [0.5, 0.6) is 5.75 Å². The lowest BCUT2D eigenvalue weighted by molar-refractivity contribution is -0.122. The maximum absolute atomic E-state index is 12.2. The van der Waals surface area contributed by atoms with E-state index in [0.29, 0.717) is 18.1 Å². The van der Waals surface area contributed by atoms with Gasteiger partial charge in [0.1, 0.15) is 11.5 Å². The van der Waals surface area contributed by atoms with Crippen molar-refractivity contribution in [2.45, 2.75) is 25.2 Å². The number of ketones is 1. The van der Waals surface area contributed by atoms with Crippen LogP contribution in [-0.4, -0.2) is 25.5 Å². The van der Waals surface area contributed by atoms with Gasteiger partial charge in [-0.15, -0.1) is 0 Å². The normalized spacial score (nSPS) is 26.4. The number of rotatable bonds is 3. The SMILES string of the molecule is O=C(CC1CCOc2ccccc21)C1CCNC1. The third kappa shape index (κ3) is 2.27. The highest BCUT2D eigenvalue weighted by Gasteiger charge is 2.28. The number of nitrogens with one attached hydrogen (secondary N) is 1. The molecule has 1 aromatic rings.